The molecule has 1 N–H and O–H groups in total. The molecule has 0 radical (unpaired) electrons. The number of benzene rings is 2. The van der Waals surface area contributed by atoms with E-state index >= 15 is 0 Å². The van der Waals surface area contributed by atoms with Gasteiger partial charge in [0.25, 0.3) is 0 Å². The molecule has 0 aliphatic rings. The minimum absolute atomic E-state index is 0.544. The Balaban J connectivity index is 1.57. The van der Waals surface area contributed by atoms with Crippen molar-refractivity contribution in [1.82, 2.24) is 10.2 Å². The molecule has 0 bridgehead atoms. The van der Waals surface area contributed by atoms with Crippen molar-refractivity contribution in [2.24, 2.45) is 0 Å². The van der Waals surface area contributed by atoms with Crippen LogP contribution in [0.15, 0.2) is 57.3 Å². The lowest BCUT2D eigenvalue weighted by molar-refractivity contribution is 0.867. The van der Waals surface area contributed by atoms with E-state index in [0.29, 0.717) is 5.92 Å². The van der Waals surface area contributed by atoms with Crippen molar-refractivity contribution >= 4 is 49.8 Å². The minimum atomic E-state index is 0.544. The molecule has 1 heterocycles. The van der Waals surface area contributed by atoms with Gasteiger partial charge in [0.15, 0.2) is 4.34 Å². The van der Waals surface area contributed by atoms with E-state index in [1.165, 1.54) is 11.1 Å². The molecule has 0 saturated heterocycles. The van der Waals surface area contributed by atoms with Crippen LogP contribution in [-0.2, 0) is 5.75 Å². The molecule has 1 aromatic heterocycles. The van der Waals surface area contributed by atoms with E-state index < -0.39 is 0 Å². The fourth-order valence-corrected chi connectivity index (χ4v) is 4.11. The topological polar surface area (TPSA) is 37.8 Å². The first-order valence-electron chi connectivity index (χ1n) is 7.68. The number of hydrogen-bond donors (Lipinski definition) is 1. The molecule has 0 spiro atoms. The number of anilines is 2. The predicted molar refractivity (Wildman–Crippen MR) is 107 cm³/mol. The van der Waals surface area contributed by atoms with Crippen molar-refractivity contribution in [3.63, 3.8) is 0 Å². The third-order valence-corrected chi connectivity index (χ3v) is 6.08. The molecule has 2 aromatic carbocycles. The third-order valence-electron chi connectivity index (χ3n) is 3.51. The molecule has 0 saturated carbocycles. The fraction of sp³-hybridized carbons (Fsp3) is 0.222. The third kappa shape index (κ3) is 4.82. The summed E-state index contributed by atoms with van der Waals surface area (Å²) in [6, 6.07) is 16.8. The summed E-state index contributed by atoms with van der Waals surface area (Å²) in [6.45, 7) is 4.39. The van der Waals surface area contributed by atoms with Gasteiger partial charge in [-0.15, -0.1) is 10.2 Å². The SMILES string of the molecule is CC(C)c1ccc(Nc2nnc(SCc3ccc(Br)cc3)s2)cc1. The number of halogens is 1. The number of hydrogen-bond acceptors (Lipinski definition) is 5. The van der Waals surface area contributed by atoms with E-state index in [4.69, 9.17) is 0 Å². The standard InChI is InChI=1S/C18H18BrN3S2/c1-12(2)14-5-9-16(10-6-14)20-17-21-22-18(24-17)23-11-13-3-7-15(19)8-4-13/h3-10,12H,11H2,1-2H3,(H,20,21). The summed E-state index contributed by atoms with van der Waals surface area (Å²) >= 11 is 6.74. The summed E-state index contributed by atoms with van der Waals surface area (Å²) < 4.78 is 2.07. The molecule has 0 atom stereocenters. The van der Waals surface area contributed by atoms with E-state index in [1.54, 1.807) is 23.1 Å². The molecule has 3 rings (SSSR count). The summed E-state index contributed by atoms with van der Waals surface area (Å²) in [4.78, 5) is 0. The first kappa shape index (κ1) is 17.5. The van der Waals surface area contributed by atoms with Crippen molar-refractivity contribution in [3.05, 3.63) is 64.1 Å². The van der Waals surface area contributed by atoms with Gasteiger partial charge >= 0.3 is 0 Å². The number of aromatic nitrogens is 2. The lowest BCUT2D eigenvalue weighted by Crippen LogP contribution is -1.91. The van der Waals surface area contributed by atoms with Gasteiger partial charge < -0.3 is 5.32 Å². The Hall–Kier alpha value is -1.37. The van der Waals surface area contributed by atoms with Crippen molar-refractivity contribution in [1.29, 1.82) is 0 Å². The fourth-order valence-electron chi connectivity index (χ4n) is 2.12. The van der Waals surface area contributed by atoms with E-state index in [9.17, 15) is 0 Å². The zero-order valence-electron chi connectivity index (χ0n) is 13.5. The first-order valence-corrected chi connectivity index (χ1v) is 10.3. The van der Waals surface area contributed by atoms with E-state index in [-0.39, 0.29) is 0 Å². The largest absolute Gasteiger partial charge is 0.330 e. The van der Waals surface area contributed by atoms with E-state index in [2.05, 4.69) is 93.8 Å². The average Bonchev–Trinajstić information content (AvgIpc) is 3.02. The second kappa shape index (κ2) is 8.14. The van der Waals surface area contributed by atoms with Gasteiger partial charge in [0.05, 0.1) is 0 Å². The van der Waals surface area contributed by atoms with Crippen LogP contribution in [-0.4, -0.2) is 10.2 Å². The highest BCUT2D eigenvalue weighted by atomic mass is 79.9. The van der Waals surface area contributed by atoms with Gasteiger partial charge in [-0.1, -0.05) is 77.1 Å². The molecule has 124 valence electrons. The summed E-state index contributed by atoms with van der Waals surface area (Å²) in [5.41, 5.74) is 3.65. The molecule has 3 aromatic rings. The van der Waals surface area contributed by atoms with Gasteiger partial charge in [0.1, 0.15) is 0 Å². The van der Waals surface area contributed by atoms with Gasteiger partial charge in [-0.3, -0.25) is 0 Å². The molecular weight excluding hydrogens is 402 g/mol. The normalized spacial score (nSPS) is 11.0. The molecule has 0 aliphatic carbocycles. The first-order chi connectivity index (χ1) is 11.6. The quantitative estimate of drug-likeness (QED) is 0.465. The van der Waals surface area contributed by atoms with Gasteiger partial charge in [0.2, 0.25) is 5.13 Å². The number of thioether (sulfide) groups is 1. The van der Waals surface area contributed by atoms with Crippen LogP contribution in [0.25, 0.3) is 0 Å². The number of nitrogens with one attached hydrogen (secondary N) is 1. The van der Waals surface area contributed by atoms with Crippen LogP contribution in [0.2, 0.25) is 0 Å². The average molecular weight is 420 g/mol. The van der Waals surface area contributed by atoms with Crippen LogP contribution in [0.4, 0.5) is 10.8 Å². The summed E-state index contributed by atoms with van der Waals surface area (Å²) in [6.07, 6.45) is 0. The van der Waals surface area contributed by atoms with Crippen LogP contribution in [0.3, 0.4) is 0 Å². The Kier molecular flexibility index (Phi) is 5.92. The second-order valence-electron chi connectivity index (χ2n) is 5.69. The van der Waals surface area contributed by atoms with Gasteiger partial charge in [-0.2, -0.15) is 0 Å². The molecule has 0 fully saturated rings. The van der Waals surface area contributed by atoms with Crippen molar-refractivity contribution in [2.75, 3.05) is 5.32 Å². The summed E-state index contributed by atoms with van der Waals surface area (Å²) in [5.74, 6) is 1.44. The van der Waals surface area contributed by atoms with Crippen LogP contribution < -0.4 is 5.32 Å². The Labute approximate surface area is 159 Å². The summed E-state index contributed by atoms with van der Waals surface area (Å²) in [5, 5.41) is 12.6. The van der Waals surface area contributed by atoms with Crippen LogP contribution in [0, 0.1) is 0 Å². The lowest BCUT2D eigenvalue weighted by Gasteiger charge is -2.06. The second-order valence-corrected chi connectivity index (χ2v) is 8.81. The van der Waals surface area contributed by atoms with Gasteiger partial charge in [0, 0.05) is 15.9 Å². The maximum absolute atomic E-state index is 4.25. The van der Waals surface area contributed by atoms with Gasteiger partial charge in [-0.05, 0) is 41.3 Å². The maximum atomic E-state index is 4.25. The molecular formula is C18H18BrN3S2. The zero-order valence-corrected chi connectivity index (χ0v) is 16.7. The Morgan fingerprint density at radius 2 is 1.75 bits per heavy atom. The smallest absolute Gasteiger partial charge is 0.210 e. The predicted octanol–water partition coefficient (Wildman–Crippen LogP) is 6.46. The molecule has 3 nitrogen and oxygen atoms in total. The highest BCUT2D eigenvalue weighted by Gasteiger charge is 2.06. The van der Waals surface area contributed by atoms with E-state index in [1.807, 2.05) is 0 Å². The van der Waals surface area contributed by atoms with Crippen LogP contribution in [0.5, 0.6) is 0 Å². The van der Waals surface area contributed by atoms with Crippen molar-refractivity contribution < 1.29 is 0 Å². The Bertz CT molecular complexity index is 783. The van der Waals surface area contributed by atoms with Crippen molar-refractivity contribution in [3.8, 4) is 0 Å². The van der Waals surface area contributed by atoms with Crippen molar-refractivity contribution in [2.45, 2.75) is 29.9 Å². The molecule has 0 unspecified atom stereocenters. The minimum Gasteiger partial charge on any atom is -0.330 e. The lowest BCUT2D eigenvalue weighted by atomic mass is 10.0. The Morgan fingerprint density at radius 1 is 1.04 bits per heavy atom. The molecule has 24 heavy (non-hydrogen) atoms. The Morgan fingerprint density at radius 3 is 2.42 bits per heavy atom. The van der Waals surface area contributed by atoms with Crippen LogP contribution in [0.1, 0.15) is 30.9 Å². The number of rotatable bonds is 6. The van der Waals surface area contributed by atoms with E-state index in [0.717, 1.165) is 25.4 Å². The monoisotopic (exact) mass is 419 g/mol. The van der Waals surface area contributed by atoms with Crippen LogP contribution >= 0.6 is 39.0 Å². The summed E-state index contributed by atoms with van der Waals surface area (Å²) in [7, 11) is 0. The highest BCUT2D eigenvalue weighted by Crippen LogP contribution is 2.30. The van der Waals surface area contributed by atoms with Gasteiger partial charge in [-0.25, -0.2) is 0 Å². The molecule has 0 aliphatic heterocycles. The molecule has 0 amide bonds. The highest BCUT2D eigenvalue weighted by molar-refractivity contribution is 9.10. The maximum Gasteiger partial charge on any atom is 0.210 e. The number of nitrogens with zero attached hydrogens (tertiary/aromatic N) is 2. The zero-order chi connectivity index (χ0) is 16.9. The molecule has 6 heteroatoms.